The first kappa shape index (κ1) is 18.3. The van der Waals surface area contributed by atoms with Crippen molar-refractivity contribution in [2.24, 2.45) is 5.10 Å². The van der Waals surface area contributed by atoms with Gasteiger partial charge in [0, 0.05) is 24.8 Å². The normalized spacial score (nSPS) is 16.9. The Balaban J connectivity index is 1.93. The molecule has 1 heterocycles. The molecule has 2 N–H and O–H groups in total. The second kappa shape index (κ2) is 9.29. The number of nitrogens with zero attached hydrogens (tertiary/aromatic N) is 1. The Labute approximate surface area is 147 Å². The molecule has 1 fully saturated rings. The van der Waals surface area contributed by atoms with Crippen LogP contribution in [0.25, 0.3) is 0 Å². The third-order valence-corrected chi connectivity index (χ3v) is 3.86. The summed E-state index contributed by atoms with van der Waals surface area (Å²) in [4.78, 5) is 0. The molecular formula is C16H23N3O4S. The molecule has 2 rings (SSSR count). The van der Waals surface area contributed by atoms with E-state index < -0.39 is 0 Å². The zero-order chi connectivity index (χ0) is 17.4. The van der Waals surface area contributed by atoms with Crippen LogP contribution in [0.4, 0.5) is 0 Å². The van der Waals surface area contributed by atoms with E-state index in [0.717, 1.165) is 25.0 Å². The van der Waals surface area contributed by atoms with E-state index in [9.17, 15) is 0 Å². The molecule has 1 aliphatic heterocycles. The number of rotatable bonds is 7. The molecule has 0 saturated carbocycles. The summed E-state index contributed by atoms with van der Waals surface area (Å²) in [5.74, 6) is 1.81. The van der Waals surface area contributed by atoms with Crippen molar-refractivity contribution in [2.75, 3.05) is 34.5 Å². The molecule has 7 nitrogen and oxygen atoms in total. The zero-order valence-corrected chi connectivity index (χ0v) is 14.9. The van der Waals surface area contributed by atoms with Crippen molar-refractivity contribution in [1.82, 2.24) is 10.7 Å². The van der Waals surface area contributed by atoms with E-state index in [1.54, 1.807) is 39.7 Å². The average Bonchev–Trinajstić information content (AvgIpc) is 3.13. The summed E-state index contributed by atoms with van der Waals surface area (Å²) in [6, 6.07) is 3.53. The number of hydrogen-bond acceptors (Lipinski definition) is 6. The van der Waals surface area contributed by atoms with Crippen LogP contribution < -0.4 is 25.0 Å². The zero-order valence-electron chi connectivity index (χ0n) is 14.1. The van der Waals surface area contributed by atoms with E-state index in [0.29, 0.717) is 28.9 Å². The number of thiocarbonyl (C=S) groups is 1. The van der Waals surface area contributed by atoms with Gasteiger partial charge in [0.05, 0.1) is 33.6 Å². The molecule has 132 valence electrons. The molecule has 0 aliphatic carbocycles. The fourth-order valence-electron chi connectivity index (χ4n) is 2.37. The molecule has 1 aromatic carbocycles. The molecule has 0 bridgehead atoms. The minimum Gasteiger partial charge on any atom is -0.496 e. The highest BCUT2D eigenvalue weighted by atomic mass is 32.1. The van der Waals surface area contributed by atoms with E-state index in [4.69, 9.17) is 31.2 Å². The van der Waals surface area contributed by atoms with Gasteiger partial charge in [-0.1, -0.05) is 0 Å². The van der Waals surface area contributed by atoms with Crippen molar-refractivity contribution in [3.8, 4) is 17.2 Å². The van der Waals surface area contributed by atoms with Crippen molar-refractivity contribution in [3.05, 3.63) is 17.7 Å². The van der Waals surface area contributed by atoms with E-state index in [1.165, 1.54) is 0 Å². The van der Waals surface area contributed by atoms with Crippen molar-refractivity contribution in [3.63, 3.8) is 0 Å². The number of hydrazone groups is 1. The maximum atomic E-state index is 5.52. The molecule has 0 spiro atoms. The van der Waals surface area contributed by atoms with Gasteiger partial charge in [-0.15, -0.1) is 0 Å². The molecule has 1 saturated heterocycles. The van der Waals surface area contributed by atoms with E-state index >= 15 is 0 Å². The fourth-order valence-corrected chi connectivity index (χ4v) is 2.50. The van der Waals surface area contributed by atoms with Crippen LogP contribution >= 0.6 is 12.2 Å². The number of methoxy groups -OCH3 is 3. The van der Waals surface area contributed by atoms with Gasteiger partial charge in [0.1, 0.15) is 5.75 Å². The molecule has 0 unspecified atom stereocenters. The van der Waals surface area contributed by atoms with Crippen molar-refractivity contribution in [1.29, 1.82) is 0 Å². The largest absolute Gasteiger partial charge is 0.496 e. The number of ether oxygens (including phenoxy) is 4. The summed E-state index contributed by atoms with van der Waals surface area (Å²) < 4.78 is 21.4. The SMILES string of the molecule is COc1cc(OC)c(OC)cc1/C=N\NC(=S)NC[C@H]1CCCO1. The second-order valence-corrected chi connectivity index (χ2v) is 5.57. The summed E-state index contributed by atoms with van der Waals surface area (Å²) in [7, 11) is 4.73. The molecule has 1 aliphatic rings. The summed E-state index contributed by atoms with van der Waals surface area (Å²) >= 11 is 5.19. The minimum absolute atomic E-state index is 0.222. The molecule has 0 radical (unpaired) electrons. The first-order valence-electron chi connectivity index (χ1n) is 7.66. The van der Waals surface area contributed by atoms with Gasteiger partial charge in [-0.05, 0) is 31.1 Å². The summed E-state index contributed by atoms with van der Waals surface area (Å²) in [5.41, 5.74) is 3.52. The monoisotopic (exact) mass is 353 g/mol. The maximum absolute atomic E-state index is 5.52. The average molecular weight is 353 g/mol. The highest BCUT2D eigenvalue weighted by Gasteiger charge is 2.15. The van der Waals surface area contributed by atoms with Crippen LogP contribution in [0, 0.1) is 0 Å². The lowest BCUT2D eigenvalue weighted by Gasteiger charge is -2.13. The third-order valence-electron chi connectivity index (χ3n) is 3.62. The van der Waals surface area contributed by atoms with Crippen LogP contribution in [0.2, 0.25) is 0 Å². The van der Waals surface area contributed by atoms with Gasteiger partial charge in [-0.2, -0.15) is 5.10 Å². The Bertz CT molecular complexity index is 589. The Kier molecular flexibility index (Phi) is 7.07. The summed E-state index contributed by atoms with van der Waals surface area (Å²) in [5, 5.41) is 7.66. The van der Waals surface area contributed by atoms with Gasteiger partial charge in [0.15, 0.2) is 16.6 Å². The van der Waals surface area contributed by atoms with E-state index in [-0.39, 0.29) is 6.10 Å². The van der Waals surface area contributed by atoms with Gasteiger partial charge in [-0.25, -0.2) is 0 Å². The van der Waals surface area contributed by atoms with E-state index in [2.05, 4.69) is 15.8 Å². The van der Waals surface area contributed by atoms with Crippen LogP contribution in [0.3, 0.4) is 0 Å². The molecular weight excluding hydrogens is 330 g/mol. The first-order chi connectivity index (χ1) is 11.7. The number of benzene rings is 1. The van der Waals surface area contributed by atoms with Crippen LogP contribution in [0.1, 0.15) is 18.4 Å². The lowest BCUT2D eigenvalue weighted by Crippen LogP contribution is -2.37. The van der Waals surface area contributed by atoms with Gasteiger partial charge >= 0.3 is 0 Å². The fraction of sp³-hybridized carbons (Fsp3) is 0.500. The Hall–Kier alpha value is -2.06. The van der Waals surface area contributed by atoms with Crippen molar-refractivity contribution >= 4 is 23.5 Å². The van der Waals surface area contributed by atoms with Crippen LogP contribution in [-0.2, 0) is 4.74 Å². The van der Waals surface area contributed by atoms with Crippen molar-refractivity contribution in [2.45, 2.75) is 18.9 Å². The standard InChI is InChI=1S/C16H23N3O4S/c1-20-13-8-15(22-3)14(21-2)7-11(13)9-18-19-16(24)17-10-12-5-4-6-23-12/h7-9,12H,4-6,10H2,1-3H3,(H2,17,19,24)/b18-9-/t12-/m1/s1. The van der Waals surface area contributed by atoms with Crippen LogP contribution in [0.15, 0.2) is 17.2 Å². The summed E-state index contributed by atoms with van der Waals surface area (Å²) in [6.45, 7) is 1.50. The van der Waals surface area contributed by atoms with E-state index in [1.807, 2.05) is 0 Å². The third kappa shape index (κ3) is 4.97. The highest BCUT2D eigenvalue weighted by molar-refractivity contribution is 7.80. The number of nitrogens with one attached hydrogen (secondary N) is 2. The molecule has 1 aromatic rings. The molecule has 0 aromatic heterocycles. The number of hydrogen-bond donors (Lipinski definition) is 2. The van der Waals surface area contributed by atoms with Gasteiger partial charge < -0.3 is 24.3 Å². The second-order valence-electron chi connectivity index (χ2n) is 5.16. The predicted octanol–water partition coefficient (Wildman–Crippen LogP) is 1.69. The summed E-state index contributed by atoms with van der Waals surface area (Å²) in [6.07, 6.45) is 3.99. The molecule has 0 amide bonds. The van der Waals surface area contributed by atoms with Crippen molar-refractivity contribution < 1.29 is 18.9 Å². The Morgan fingerprint density at radius 1 is 1.25 bits per heavy atom. The first-order valence-corrected chi connectivity index (χ1v) is 8.07. The molecule has 24 heavy (non-hydrogen) atoms. The minimum atomic E-state index is 0.222. The predicted molar refractivity (Wildman–Crippen MR) is 96.4 cm³/mol. The lowest BCUT2D eigenvalue weighted by atomic mass is 10.2. The van der Waals surface area contributed by atoms with Gasteiger partial charge in [-0.3, -0.25) is 5.43 Å². The lowest BCUT2D eigenvalue weighted by molar-refractivity contribution is 0.114. The smallest absolute Gasteiger partial charge is 0.187 e. The highest BCUT2D eigenvalue weighted by Crippen LogP contribution is 2.33. The van der Waals surface area contributed by atoms with Gasteiger partial charge in [0.2, 0.25) is 0 Å². The maximum Gasteiger partial charge on any atom is 0.187 e. The van der Waals surface area contributed by atoms with Gasteiger partial charge in [0.25, 0.3) is 0 Å². The molecule has 8 heteroatoms. The molecule has 1 atom stereocenters. The van der Waals surface area contributed by atoms with Crippen LogP contribution in [0.5, 0.6) is 17.2 Å². The Morgan fingerprint density at radius 3 is 2.58 bits per heavy atom. The van der Waals surface area contributed by atoms with Crippen LogP contribution in [-0.4, -0.2) is 51.9 Å². The Morgan fingerprint density at radius 2 is 1.96 bits per heavy atom. The topological polar surface area (TPSA) is 73.3 Å². The quantitative estimate of drug-likeness (QED) is 0.439.